The summed E-state index contributed by atoms with van der Waals surface area (Å²) in [5.41, 5.74) is 2.17. The van der Waals surface area contributed by atoms with Crippen LogP contribution in [-0.4, -0.2) is 28.6 Å². The van der Waals surface area contributed by atoms with Crippen LogP contribution in [0.4, 0.5) is 0 Å². The third kappa shape index (κ3) is 3.42. The second-order valence-electron chi connectivity index (χ2n) is 5.37. The number of rotatable bonds is 6. The number of ether oxygens (including phenoxy) is 1. The van der Waals surface area contributed by atoms with Crippen LogP contribution in [0.5, 0.6) is 0 Å². The molecule has 1 N–H and O–H groups in total. The standard InChI is InChI=1S/C17H19NO4/c1-10(19)8-9-15(20)22-12(3)17(21)16-11(2)18-14-7-5-4-6-13(14)16/h4-7,12,18H,8-9H2,1-3H3/t12-/m1/s1. The smallest absolute Gasteiger partial charge is 0.306 e. The third-order valence-corrected chi connectivity index (χ3v) is 3.50. The van der Waals surface area contributed by atoms with Gasteiger partial charge >= 0.3 is 5.97 Å². The van der Waals surface area contributed by atoms with Gasteiger partial charge in [-0.15, -0.1) is 0 Å². The van der Waals surface area contributed by atoms with Crippen molar-refractivity contribution in [3.63, 3.8) is 0 Å². The Bertz CT molecular complexity index is 729. The molecular weight excluding hydrogens is 282 g/mol. The number of Topliss-reactive ketones (excluding diaryl/α,β-unsaturated/α-hetero) is 2. The van der Waals surface area contributed by atoms with E-state index in [0.717, 1.165) is 16.6 Å². The van der Waals surface area contributed by atoms with Crippen molar-refractivity contribution in [2.75, 3.05) is 0 Å². The molecule has 5 heteroatoms. The van der Waals surface area contributed by atoms with Gasteiger partial charge in [0.25, 0.3) is 0 Å². The number of para-hydroxylation sites is 1. The molecule has 2 aromatic rings. The molecule has 1 atom stereocenters. The molecule has 0 amide bonds. The SMILES string of the molecule is CC(=O)CCC(=O)O[C@H](C)C(=O)c1c(C)[nH]c2ccccc12. The zero-order valence-electron chi connectivity index (χ0n) is 12.9. The number of hydrogen-bond acceptors (Lipinski definition) is 4. The van der Waals surface area contributed by atoms with E-state index in [1.54, 1.807) is 6.92 Å². The van der Waals surface area contributed by atoms with Crippen molar-refractivity contribution >= 4 is 28.4 Å². The molecule has 0 saturated carbocycles. The maximum Gasteiger partial charge on any atom is 0.306 e. The Balaban J connectivity index is 2.14. The molecule has 0 spiro atoms. The second kappa shape index (κ2) is 6.56. The number of carbonyl (C=O) groups excluding carboxylic acids is 3. The van der Waals surface area contributed by atoms with E-state index in [0.29, 0.717) is 5.56 Å². The van der Waals surface area contributed by atoms with E-state index in [1.807, 2.05) is 31.2 Å². The van der Waals surface area contributed by atoms with E-state index >= 15 is 0 Å². The predicted molar refractivity (Wildman–Crippen MR) is 82.8 cm³/mol. The van der Waals surface area contributed by atoms with Crippen LogP contribution in [0.3, 0.4) is 0 Å². The van der Waals surface area contributed by atoms with E-state index in [4.69, 9.17) is 4.74 Å². The second-order valence-corrected chi connectivity index (χ2v) is 5.37. The molecule has 1 aromatic heterocycles. The van der Waals surface area contributed by atoms with Crippen LogP contribution in [-0.2, 0) is 14.3 Å². The number of hydrogen-bond donors (Lipinski definition) is 1. The largest absolute Gasteiger partial charge is 0.454 e. The van der Waals surface area contributed by atoms with E-state index < -0.39 is 12.1 Å². The summed E-state index contributed by atoms with van der Waals surface area (Å²) in [5.74, 6) is -0.858. The number of aromatic amines is 1. The van der Waals surface area contributed by atoms with Gasteiger partial charge in [-0.2, -0.15) is 0 Å². The van der Waals surface area contributed by atoms with Gasteiger partial charge in [0.1, 0.15) is 5.78 Å². The molecule has 0 saturated heterocycles. The van der Waals surface area contributed by atoms with Gasteiger partial charge in [0.15, 0.2) is 6.10 Å². The lowest BCUT2D eigenvalue weighted by Gasteiger charge is -2.12. The van der Waals surface area contributed by atoms with Crippen LogP contribution in [0.2, 0.25) is 0 Å². The van der Waals surface area contributed by atoms with Crippen LogP contribution in [0, 0.1) is 6.92 Å². The van der Waals surface area contributed by atoms with E-state index in [-0.39, 0.29) is 24.4 Å². The van der Waals surface area contributed by atoms with Crippen LogP contribution in [0.15, 0.2) is 24.3 Å². The lowest BCUT2D eigenvalue weighted by atomic mass is 10.0. The number of fused-ring (bicyclic) bond motifs is 1. The van der Waals surface area contributed by atoms with Gasteiger partial charge in [0.2, 0.25) is 5.78 Å². The number of ketones is 2. The van der Waals surface area contributed by atoms with Gasteiger partial charge < -0.3 is 14.5 Å². The highest BCUT2D eigenvalue weighted by Gasteiger charge is 2.24. The zero-order valence-corrected chi connectivity index (χ0v) is 12.9. The number of aromatic nitrogens is 1. The minimum atomic E-state index is -0.877. The third-order valence-electron chi connectivity index (χ3n) is 3.50. The average molecular weight is 301 g/mol. The first kappa shape index (κ1) is 15.9. The molecule has 0 aliphatic heterocycles. The molecule has 1 heterocycles. The highest BCUT2D eigenvalue weighted by molar-refractivity contribution is 6.11. The Kier molecular flexibility index (Phi) is 4.75. The molecule has 5 nitrogen and oxygen atoms in total. The summed E-state index contributed by atoms with van der Waals surface area (Å²) in [6, 6.07) is 7.49. The molecule has 0 aliphatic carbocycles. The van der Waals surface area contributed by atoms with Crippen molar-refractivity contribution in [1.29, 1.82) is 0 Å². The van der Waals surface area contributed by atoms with Crippen molar-refractivity contribution in [2.24, 2.45) is 0 Å². The highest BCUT2D eigenvalue weighted by atomic mass is 16.5. The highest BCUT2D eigenvalue weighted by Crippen LogP contribution is 2.23. The van der Waals surface area contributed by atoms with Crippen LogP contribution in [0.25, 0.3) is 10.9 Å². The Morgan fingerprint density at radius 2 is 1.86 bits per heavy atom. The Morgan fingerprint density at radius 1 is 1.18 bits per heavy atom. The van der Waals surface area contributed by atoms with Gasteiger partial charge in [-0.3, -0.25) is 9.59 Å². The molecule has 22 heavy (non-hydrogen) atoms. The summed E-state index contributed by atoms with van der Waals surface area (Å²) in [7, 11) is 0. The number of nitrogens with one attached hydrogen (secondary N) is 1. The Labute approximate surface area is 128 Å². The Morgan fingerprint density at radius 3 is 2.55 bits per heavy atom. The zero-order chi connectivity index (χ0) is 16.3. The fourth-order valence-corrected chi connectivity index (χ4v) is 2.39. The van der Waals surface area contributed by atoms with Gasteiger partial charge in [-0.25, -0.2) is 0 Å². The normalized spacial score (nSPS) is 12.1. The van der Waals surface area contributed by atoms with Crippen molar-refractivity contribution in [2.45, 2.75) is 39.7 Å². The van der Waals surface area contributed by atoms with Crippen LogP contribution >= 0.6 is 0 Å². The topological polar surface area (TPSA) is 76.2 Å². The first-order valence-corrected chi connectivity index (χ1v) is 7.20. The van der Waals surface area contributed by atoms with Gasteiger partial charge in [0, 0.05) is 28.6 Å². The quantitative estimate of drug-likeness (QED) is 0.657. The first-order valence-electron chi connectivity index (χ1n) is 7.20. The predicted octanol–water partition coefficient (Wildman–Crippen LogP) is 2.96. The fourth-order valence-electron chi connectivity index (χ4n) is 2.39. The van der Waals surface area contributed by atoms with Gasteiger partial charge in [0.05, 0.1) is 6.42 Å². The van der Waals surface area contributed by atoms with Crippen molar-refractivity contribution < 1.29 is 19.1 Å². The van der Waals surface area contributed by atoms with Crippen molar-refractivity contribution in [3.8, 4) is 0 Å². The van der Waals surface area contributed by atoms with Crippen molar-refractivity contribution in [1.82, 2.24) is 4.98 Å². The van der Waals surface area contributed by atoms with E-state index in [1.165, 1.54) is 6.92 Å². The summed E-state index contributed by atoms with van der Waals surface area (Å²) in [6.07, 6.45) is -0.747. The minimum Gasteiger partial charge on any atom is -0.454 e. The van der Waals surface area contributed by atoms with Crippen molar-refractivity contribution in [3.05, 3.63) is 35.5 Å². The molecule has 0 fully saturated rings. The first-order chi connectivity index (χ1) is 10.4. The number of H-pyrrole nitrogens is 1. The maximum absolute atomic E-state index is 12.6. The molecule has 0 unspecified atom stereocenters. The average Bonchev–Trinajstić information content (AvgIpc) is 2.80. The van der Waals surface area contributed by atoms with Gasteiger partial charge in [-0.1, -0.05) is 18.2 Å². The van der Waals surface area contributed by atoms with E-state index in [2.05, 4.69) is 4.98 Å². The summed E-state index contributed by atoms with van der Waals surface area (Å²) in [6.45, 7) is 4.78. The molecule has 0 aliphatic rings. The number of carbonyl (C=O) groups is 3. The lowest BCUT2D eigenvalue weighted by Crippen LogP contribution is -2.25. The summed E-state index contributed by atoms with van der Waals surface area (Å²) in [4.78, 5) is 38.2. The summed E-state index contributed by atoms with van der Waals surface area (Å²) in [5, 5.41) is 0.816. The lowest BCUT2D eigenvalue weighted by molar-refractivity contribution is -0.147. The van der Waals surface area contributed by atoms with E-state index in [9.17, 15) is 14.4 Å². The molecule has 0 radical (unpaired) electrons. The fraction of sp³-hybridized carbons (Fsp3) is 0.353. The Hall–Kier alpha value is -2.43. The molecule has 116 valence electrons. The monoisotopic (exact) mass is 301 g/mol. The minimum absolute atomic E-state index is 0.000178. The number of benzene rings is 1. The summed E-state index contributed by atoms with van der Waals surface area (Å²) >= 11 is 0. The maximum atomic E-state index is 12.6. The molecule has 2 rings (SSSR count). The summed E-state index contributed by atoms with van der Waals surface area (Å²) < 4.78 is 5.14. The number of aryl methyl sites for hydroxylation is 1. The number of esters is 1. The molecule has 0 bridgehead atoms. The van der Waals surface area contributed by atoms with Gasteiger partial charge in [-0.05, 0) is 26.8 Å². The van der Waals surface area contributed by atoms with Crippen LogP contribution < -0.4 is 0 Å². The van der Waals surface area contributed by atoms with Crippen LogP contribution in [0.1, 0.15) is 42.7 Å². The molecular formula is C17H19NO4. The molecule has 1 aromatic carbocycles.